The van der Waals surface area contributed by atoms with Crippen LogP contribution >= 0.6 is 0 Å². The number of hydrogen-bond acceptors (Lipinski definition) is 4. The maximum absolute atomic E-state index is 10.7. The third kappa shape index (κ3) is 3.71. The SMILES string of the molecule is Cn1nccc1-c1cc(NC=O)ccc1OCC1CCNCC1. The number of piperidine rings is 1. The normalized spacial score (nSPS) is 15.3. The Kier molecular flexibility index (Phi) is 4.92. The van der Waals surface area contributed by atoms with E-state index >= 15 is 0 Å². The molecule has 0 bridgehead atoms. The smallest absolute Gasteiger partial charge is 0.211 e. The minimum absolute atomic E-state index is 0.586. The van der Waals surface area contributed by atoms with Crippen molar-refractivity contribution in [3.8, 4) is 17.0 Å². The summed E-state index contributed by atoms with van der Waals surface area (Å²) < 4.78 is 7.91. The van der Waals surface area contributed by atoms with Gasteiger partial charge in [0.1, 0.15) is 5.75 Å². The van der Waals surface area contributed by atoms with E-state index in [1.807, 2.05) is 31.3 Å². The molecular weight excluding hydrogens is 292 g/mol. The maximum atomic E-state index is 10.7. The number of carbonyl (C=O) groups is 1. The van der Waals surface area contributed by atoms with Crippen LogP contribution in [-0.4, -0.2) is 35.9 Å². The van der Waals surface area contributed by atoms with Crippen LogP contribution in [0.3, 0.4) is 0 Å². The molecule has 6 nitrogen and oxygen atoms in total. The molecule has 1 aliphatic heterocycles. The minimum Gasteiger partial charge on any atom is -0.493 e. The molecule has 2 aromatic rings. The first-order chi connectivity index (χ1) is 11.3. The van der Waals surface area contributed by atoms with Crippen LogP contribution in [0.2, 0.25) is 0 Å². The van der Waals surface area contributed by atoms with Crippen LogP contribution in [-0.2, 0) is 11.8 Å². The lowest BCUT2D eigenvalue weighted by Crippen LogP contribution is -2.30. The molecule has 2 heterocycles. The Morgan fingerprint density at radius 3 is 2.91 bits per heavy atom. The molecule has 23 heavy (non-hydrogen) atoms. The lowest BCUT2D eigenvalue weighted by atomic mass is 9.99. The Morgan fingerprint density at radius 2 is 2.22 bits per heavy atom. The topological polar surface area (TPSA) is 68.2 Å². The van der Waals surface area contributed by atoms with Crippen LogP contribution in [0.4, 0.5) is 5.69 Å². The summed E-state index contributed by atoms with van der Waals surface area (Å²) in [6.07, 6.45) is 4.72. The summed E-state index contributed by atoms with van der Waals surface area (Å²) in [5.41, 5.74) is 2.64. The summed E-state index contributed by atoms with van der Waals surface area (Å²) in [7, 11) is 1.89. The van der Waals surface area contributed by atoms with Crippen molar-refractivity contribution in [1.82, 2.24) is 15.1 Å². The number of nitrogens with zero attached hydrogens (tertiary/aromatic N) is 2. The molecule has 0 unspecified atom stereocenters. The Hall–Kier alpha value is -2.34. The third-order valence-electron chi connectivity index (χ3n) is 4.24. The van der Waals surface area contributed by atoms with E-state index in [1.165, 1.54) is 0 Å². The largest absolute Gasteiger partial charge is 0.493 e. The van der Waals surface area contributed by atoms with Crippen LogP contribution < -0.4 is 15.4 Å². The molecule has 0 saturated carbocycles. The van der Waals surface area contributed by atoms with Crippen LogP contribution in [0, 0.1) is 5.92 Å². The second-order valence-corrected chi connectivity index (χ2v) is 5.82. The quantitative estimate of drug-likeness (QED) is 0.801. The molecule has 1 fully saturated rings. The van der Waals surface area contributed by atoms with Crippen molar-refractivity contribution < 1.29 is 9.53 Å². The summed E-state index contributed by atoms with van der Waals surface area (Å²) in [5.74, 6) is 1.41. The molecule has 3 rings (SSSR count). The van der Waals surface area contributed by atoms with E-state index in [-0.39, 0.29) is 0 Å². The van der Waals surface area contributed by atoms with Crippen molar-refractivity contribution in [2.24, 2.45) is 13.0 Å². The molecule has 1 amide bonds. The molecule has 1 aliphatic rings. The maximum Gasteiger partial charge on any atom is 0.211 e. The zero-order valence-corrected chi connectivity index (χ0v) is 13.3. The van der Waals surface area contributed by atoms with E-state index in [2.05, 4.69) is 15.7 Å². The molecule has 0 radical (unpaired) electrons. The van der Waals surface area contributed by atoms with Crippen molar-refractivity contribution in [2.45, 2.75) is 12.8 Å². The Morgan fingerprint density at radius 1 is 1.39 bits per heavy atom. The summed E-state index contributed by atoms with van der Waals surface area (Å²) >= 11 is 0. The molecule has 0 aliphatic carbocycles. The zero-order valence-electron chi connectivity index (χ0n) is 13.3. The lowest BCUT2D eigenvalue weighted by Gasteiger charge is -2.23. The van der Waals surface area contributed by atoms with Crippen molar-refractivity contribution in [3.63, 3.8) is 0 Å². The van der Waals surface area contributed by atoms with Crippen LogP contribution in [0.1, 0.15) is 12.8 Å². The van der Waals surface area contributed by atoms with Crippen LogP contribution in [0.25, 0.3) is 11.3 Å². The summed E-state index contributed by atoms with van der Waals surface area (Å²) in [5, 5.41) is 10.3. The highest BCUT2D eigenvalue weighted by molar-refractivity contribution is 5.78. The highest BCUT2D eigenvalue weighted by atomic mass is 16.5. The molecular formula is C17H22N4O2. The average Bonchev–Trinajstić information content (AvgIpc) is 3.01. The Bertz CT molecular complexity index is 662. The number of ether oxygens (including phenoxy) is 1. The van der Waals surface area contributed by atoms with Crippen molar-refractivity contribution in [3.05, 3.63) is 30.5 Å². The van der Waals surface area contributed by atoms with E-state index in [4.69, 9.17) is 4.74 Å². The molecule has 1 aromatic carbocycles. The van der Waals surface area contributed by atoms with Crippen LogP contribution in [0.5, 0.6) is 5.75 Å². The molecule has 6 heteroatoms. The van der Waals surface area contributed by atoms with Gasteiger partial charge in [-0.3, -0.25) is 9.48 Å². The number of aryl methyl sites for hydroxylation is 1. The number of aromatic nitrogens is 2. The molecule has 2 N–H and O–H groups in total. The summed E-state index contributed by atoms with van der Waals surface area (Å²) in [6, 6.07) is 7.63. The molecule has 1 aromatic heterocycles. The lowest BCUT2D eigenvalue weighted by molar-refractivity contribution is -0.105. The molecule has 0 spiro atoms. The zero-order chi connectivity index (χ0) is 16.1. The number of hydrogen-bond donors (Lipinski definition) is 2. The fraction of sp³-hybridized carbons (Fsp3) is 0.412. The van der Waals surface area contributed by atoms with Gasteiger partial charge in [0.05, 0.1) is 12.3 Å². The predicted molar refractivity (Wildman–Crippen MR) is 89.4 cm³/mol. The molecule has 1 saturated heterocycles. The fourth-order valence-corrected chi connectivity index (χ4v) is 2.91. The number of nitrogens with one attached hydrogen (secondary N) is 2. The first-order valence-corrected chi connectivity index (χ1v) is 7.94. The van der Waals surface area contributed by atoms with E-state index in [1.54, 1.807) is 10.9 Å². The van der Waals surface area contributed by atoms with Gasteiger partial charge >= 0.3 is 0 Å². The van der Waals surface area contributed by atoms with E-state index in [0.29, 0.717) is 18.9 Å². The van der Waals surface area contributed by atoms with Gasteiger partial charge in [-0.25, -0.2) is 0 Å². The minimum atomic E-state index is 0.586. The predicted octanol–water partition coefficient (Wildman–Crippen LogP) is 2.03. The van der Waals surface area contributed by atoms with Crippen molar-refractivity contribution in [2.75, 3.05) is 25.0 Å². The van der Waals surface area contributed by atoms with E-state index < -0.39 is 0 Å². The number of rotatable bonds is 6. The number of carbonyl (C=O) groups excluding carboxylic acids is 1. The number of anilines is 1. The summed E-state index contributed by atoms with van der Waals surface area (Å²) in [4.78, 5) is 10.7. The number of benzene rings is 1. The van der Waals surface area contributed by atoms with Gasteiger partial charge in [0.25, 0.3) is 0 Å². The second kappa shape index (κ2) is 7.28. The van der Waals surface area contributed by atoms with Gasteiger partial charge in [0.15, 0.2) is 0 Å². The second-order valence-electron chi connectivity index (χ2n) is 5.82. The highest BCUT2D eigenvalue weighted by Crippen LogP contribution is 2.33. The van der Waals surface area contributed by atoms with Gasteiger partial charge in [-0.05, 0) is 56.1 Å². The van der Waals surface area contributed by atoms with E-state index in [9.17, 15) is 4.79 Å². The van der Waals surface area contributed by atoms with Gasteiger partial charge in [-0.15, -0.1) is 0 Å². The fourth-order valence-electron chi connectivity index (χ4n) is 2.91. The first kappa shape index (κ1) is 15.6. The number of amides is 1. The van der Waals surface area contributed by atoms with Gasteiger partial charge < -0.3 is 15.4 Å². The molecule has 122 valence electrons. The highest BCUT2D eigenvalue weighted by Gasteiger charge is 2.16. The Balaban J connectivity index is 1.83. The van der Waals surface area contributed by atoms with Gasteiger partial charge in [-0.2, -0.15) is 5.10 Å². The summed E-state index contributed by atoms with van der Waals surface area (Å²) in [6.45, 7) is 2.84. The average molecular weight is 314 g/mol. The van der Waals surface area contributed by atoms with E-state index in [0.717, 1.165) is 48.6 Å². The monoisotopic (exact) mass is 314 g/mol. The first-order valence-electron chi connectivity index (χ1n) is 7.94. The van der Waals surface area contributed by atoms with Gasteiger partial charge in [-0.1, -0.05) is 0 Å². The van der Waals surface area contributed by atoms with Gasteiger partial charge in [0, 0.05) is 24.5 Å². The third-order valence-corrected chi connectivity index (χ3v) is 4.24. The van der Waals surface area contributed by atoms with Crippen molar-refractivity contribution in [1.29, 1.82) is 0 Å². The van der Waals surface area contributed by atoms with Crippen LogP contribution in [0.15, 0.2) is 30.5 Å². The molecule has 0 atom stereocenters. The van der Waals surface area contributed by atoms with Gasteiger partial charge in [0.2, 0.25) is 6.41 Å². The standard InChI is InChI=1S/C17H22N4O2/c1-21-16(6-9-20-21)15-10-14(19-12-22)2-3-17(15)23-11-13-4-7-18-8-5-13/h2-3,6,9-10,12-13,18H,4-5,7-8,11H2,1H3,(H,19,22). The Labute approximate surface area is 135 Å². The van der Waals surface area contributed by atoms with Crippen molar-refractivity contribution >= 4 is 12.1 Å².